The summed E-state index contributed by atoms with van der Waals surface area (Å²) in [5.74, 6) is 2.25. The van der Waals surface area contributed by atoms with Crippen molar-refractivity contribution in [3.05, 3.63) is 72.1 Å². The standard InChI is InChI=1S/C26H31N5O2S/c1-33-25-10-6-5-7-20(25)14-27-26(32)24-17-30-12-11-19(24)13-22(30)16-31-15-21(28-29-31)18-34-23-8-3-2-4-9-23/h2-10,15,19,22,24H,11-14,16-18H2,1H3,(H,27,32). The fourth-order valence-electron chi connectivity index (χ4n) is 5.17. The van der Waals surface area contributed by atoms with Crippen LogP contribution in [-0.2, 0) is 23.6 Å². The van der Waals surface area contributed by atoms with Crippen molar-refractivity contribution >= 4 is 17.7 Å². The van der Waals surface area contributed by atoms with Gasteiger partial charge in [0.15, 0.2) is 0 Å². The van der Waals surface area contributed by atoms with Crippen molar-refractivity contribution in [2.24, 2.45) is 11.8 Å². The van der Waals surface area contributed by atoms with E-state index in [1.807, 2.05) is 35.0 Å². The minimum absolute atomic E-state index is 0.0493. The SMILES string of the molecule is COc1ccccc1CNC(=O)C1CN2CCC1CC2Cn1cc(CSc2ccccc2)nn1. The van der Waals surface area contributed by atoms with E-state index in [2.05, 4.69) is 51.0 Å². The highest BCUT2D eigenvalue weighted by Gasteiger charge is 2.43. The van der Waals surface area contributed by atoms with Crippen LogP contribution in [0.2, 0.25) is 0 Å². The molecule has 4 unspecified atom stereocenters. The van der Waals surface area contributed by atoms with Gasteiger partial charge in [0.05, 0.1) is 25.3 Å². The number of nitrogens with one attached hydrogen (secondary N) is 1. The van der Waals surface area contributed by atoms with Crippen molar-refractivity contribution in [2.45, 2.75) is 42.6 Å². The maximum absolute atomic E-state index is 13.0. The second kappa shape index (κ2) is 10.6. The van der Waals surface area contributed by atoms with E-state index in [1.54, 1.807) is 18.9 Å². The van der Waals surface area contributed by atoms with Crippen LogP contribution in [0.15, 0.2) is 65.7 Å². The van der Waals surface area contributed by atoms with Crippen LogP contribution in [0.3, 0.4) is 0 Å². The molecule has 3 aliphatic rings. The third-order valence-corrected chi connectivity index (χ3v) is 8.02. The van der Waals surface area contributed by atoms with Gasteiger partial charge in [-0.05, 0) is 43.5 Å². The highest BCUT2D eigenvalue weighted by atomic mass is 32.2. The Labute approximate surface area is 204 Å². The predicted octanol–water partition coefficient (Wildman–Crippen LogP) is 3.61. The van der Waals surface area contributed by atoms with Crippen LogP contribution in [0.5, 0.6) is 5.75 Å². The van der Waals surface area contributed by atoms with E-state index in [4.69, 9.17) is 4.74 Å². The molecule has 3 fully saturated rings. The van der Waals surface area contributed by atoms with Gasteiger partial charge in [0.25, 0.3) is 0 Å². The number of methoxy groups -OCH3 is 1. The molecule has 0 aliphatic carbocycles. The average Bonchev–Trinajstić information content (AvgIpc) is 3.34. The molecule has 0 saturated carbocycles. The number of thioether (sulfide) groups is 1. The van der Waals surface area contributed by atoms with Crippen LogP contribution in [0.1, 0.15) is 24.1 Å². The quantitative estimate of drug-likeness (QED) is 0.475. The summed E-state index contributed by atoms with van der Waals surface area (Å²) in [6.45, 7) is 3.20. The maximum Gasteiger partial charge on any atom is 0.224 e. The van der Waals surface area contributed by atoms with E-state index in [1.165, 1.54) is 4.90 Å². The van der Waals surface area contributed by atoms with Gasteiger partial charge in [0.2, 0.25) is 5.91 Å². The van der Waals surface area contributed by atoms with E-state index in [0.29, 0.717) is 18.5 Å². The number of fused-ring (bicyclic) bond motifs is 3. The minimum atomic E-state index is 0.0493. The molecule has 2 aromatic carbocycles. The molecule has 3 aliphatic heterocycles. The lowest BCUT2D eigenvalue weighted by atomic mass is 9.75. The van der Waals surface area contributed by atoms with Crippen LogP contribution in [0.4, 0.5) is 0 Å². The Kier molecular flexibility index (Phi) is 7.16. The number of carbonyl (C=O) groups excluding carboxylic acids is 1. The zero-order valence-electron chi connectivity index (χ0n) is 19.5. The highest BCUT2D eigenvalue weighted by molar-refractivity contribution is 7.98. The first kappa shape index (κ1) is 22.9. The van der Waals surface area contributed by atoms with Gasteiger partial charge >= 0.3 is 0 Å². The fourth-order valence-corrected chi connectivity index (χ4v) is 5.97. The van der Waals surface area contributed by atoms with E-state index < -0.39 is 0 Å². The predicted molar refractivity (Wildman–Crippen MR) is 132 cm³/mol. The van der Waals surface area contributed by atoms with Crippen LogP contribution < -0.4 is 10.1 Å². The van der Waals surface area contributed by atoms with Crippen molar-refractivity contribution in [1.82, 2.24) is 25.2 Å². The number of amides is 1. The zero-order valence-corrected chi connectivity index (χ0v) is 20.3. The van der Waals surface area contributed by atoms with E-state index in [9.17, 15) is 4.79 Å². The number of ether oxygens (including phenoxy) is 1. The number of carbonyl (C=O) groups is 1. The Morgan fingerprint density at radius 2 is 2.00 bits per heavy atom. The third-order valence-electron chi connectivity index (χ3n) is 6.97. The number of aromatic nitrogens is 3. The molecular weight excluding hydrogens is 446 g/mol. The van der Waals surface area contributed by atoms with Crippen molar-refractivity contribution in [3.63, 3.8) is 0 Å². The van der Waals surface area contributed by atoms with Crippen LogP contribution >= 0.6 is 11.8 Å². The lowest BCUT2D eigenvalue weighted by molar-refractivity contribution is -0.133. The van der Waals surface area contributed by atoms with Crippen LogP contribution in [0, 0.1) is 11.8 Å². The molecule has 1 N–H and O–H groups in total. The van der Waals surface area contributed by atoms with Crippen molar-refractivity contribution in [3.8, 4) is 5.75 Å². The first-order chi connectivity index (χ1) is 16.7. The summed E-state index contributed by atoms with van der Waals surface area (Å²) < 4.78 is 7.38. The van der Waals surface area contributed by atoms with Gasteiger partial charge < -0.3 is 10.1 Å². The number of para-hydroxylation sites is 1. The van der Waals surface area contributed by atoms with Crippen molar-refractivity contribution in [2.75, 3.05) is 20.2 Å². The summed E-state index contributed by atoms with van der Waals surface area (Å²) in [4.78, 5) is 16.7. The third kappa shape index (κ3) is 5.28. The molecule has 3 saturated heterocycles. The number of benzene rings is 2. The van der Waals surface area contributed by atoms with E-state index in [0.717, 1.165) is 55.2 Å². The second-order valence-corrected chi connectivity index (χ2v) is 10.2. The molecule has 0 spiro atoms. The molecule has 1 amide bonds. The Hall–Kier alpha value is -2.84. The summed E-state index contributed by atoms with van der Waals surface area (Å²) in [6.07, 6.45) is 4.18. The Bertz CT molecular complexity index is 1110. The maximum atomic E-state index is 13.0. The Morgan fingerprint density at radius 3 is 2.79 bits per heavy atom. The zero-order chi connectivity index (χ0) is 23.3. The normalized spacial score (nSPS) is 23.6. The van der Waals surface area contributed by atoms with Crippen LogP contribution in [0.25, 0.3) is 0 Å². The molecule has 0 radical (unpaired) electrons. The number of hydrogen-bond donors (Lipinski definition) is 1. The molecular formula is C26H31N5O2S. The average molecular weight is 478 g/mol. The van der Waals surface area contributed by atoms with Gasteiger partial charge in [-0.1, -0.05) is 41.6 Å². The Balaban J connectivity index is 1.13. The monoisotopic (exact) mass is 477 g/mol. The van der Waals surface area contributed by atoms with Gasteiger partial charge in [-0.2, -0.15) is 0 Å². The molecule has 6 rings (SSSR count). The molecule has 34 heavy (non-hydrogen) atoms. The molecule has 3 aromatic rings. The number of hydrogen-bond acceptors (Lipinski definition) is 6. The summed E-state index contributed by atoms with van der Waals surface area (Å²) in [7, 11) is 1.66. The summed E-state index contributed by atoms with van der Waals surface area (Å²) in [5.41, 5.74) is 2.00. The molecule has 178 valence electrons. The highest BCUT2D eigenvalue weighted by Crippen LogP contribution is 2.37. The smallest absolute Gasteiger partial charge is 0.224 e. The van der Waals surface area contributed by atoms with Gasteiger partial charge in [-0.3, -0.25) is 14.4 Å². The second-order valence-electron chi connectivity index (χ2n) is 9.10. The first-order valence-electron chi connectivity index (χ1n) is 11.9. The molecule has 7 nitrogen and oxygen atoms in total. The topological polar surface area (TPSA) is 72.3 Å². The van der Waals surface area contributed by atoms with Crippen LogP contribution in [-0.4, -0.2) is 52.0 Å². The summed E-state index contributed by atoms with van der Waals surface area (Å²) in [5, 5.41) is 11.9. The molecule has 4 heterocycles. The van der Waals surface area contributed by atoms with E-state index in [-0.39, 0.29) is 11.8 Å². The van der Waals surface area contributed by atoms with Gasteiger partial charge in [-0.25, -0.2) is 0 Å². The van der Waals surface area contributed by atoms with Crippen molar-refractivity contribution < 1.29 is 9.53 Å². The Morgan fingerprint density at radius 1 is 1.18 bits per heavy atom. The van der Waals surface area contributed by atoms with Crippen molar-refractivity contribution in [1.29, 1.82) is 0 Å². The van der Waals surface area contributed by atoms with Gasteiger partial charge in [0, 0.05) is 41.5 Å². The minimum Gasteiger partial charge on any atom is -0.496 e. The lowest BCUT2D eigenvalue weighted by Gasteiger charge is -2.49. The van der Waals surface area contributed by atoms with E-state index >= 15 is 0 Å². The molecule has 4 atom stereocenters. The summed E-state index contributed by atoms with van der Waals surface area (Å²) >= 11 is 1.78. The lowest BCUT2D eigenvalue weighted by Crippen LogP contribution is -2.58. The molecule has 2 bridgehead atoms. The number of rotatable bonds is 9. The number of piperidine rings is 3. The molecule has 1 aromatic heterocycles. The fraction of sp³-hybridized carbons (Fsp3) is 0.423. The first-order valence-corrected chi connectivity index (χ1v) is 12.9. The largest absolute Gasteiger partial charge is 0.496 e. The summed E-state index contributed by atoms with van der Waals surface area (Å²) in [6, 6.07) is 18.6. The number of nitrogens with zero attached hydrogens (tertiary/aromatic N) is 4. The van der Waals surface area contributed by atoms with Gasteiger partial charge in [-0.15, -0.1) is 16.9 Å². The molecule has 8 heteroatoms. The van der Waals surface area contributed by atoms with Gasteiger partial charge in [0.1, 0.15) is 5.75 Å².